The Hall–Kier alpha value is -1.57. The Morgan fingerprint density at radius 1 is 1.08 bits per heavy atom. The van der Waals surface area contributed by atoms with E-state index < -0.39 is 10.0 Å². The van der Waals surface area contributed by atoms with E-state index in [0.717, 1.165) is 10.0 Å². The molecule has 0 fully saturated rings. The van der Waals surface area contributed by atoms with Crippen LogP contribution >= 0.6 is 15.9 Å². The van der Waals surface area contributed by atoms with Gasteiger partial charge in [0, 0.05) is 16.6 Å². The predicted octanol–water partition coefficient (Wildman–Crippen LogP) is 3.65. The van der Waals surface area contributed by atoms with Crippen molar-refractivity contribution in [3.05, 3.63) is 52.5 Å². The maximum atomic E-state index is 12.7. The zero-order chi connectivity index (χ0) is 17.2. The molecule has 0 bridgehead atoms. The van der Waals surface area contributed by atoms with Crippen molar-refractivity contribution in [1.29, 1.82) is 0 Å². The standard InChI is InChI=1S/C17H18BrNO4S/c1-2-15(12-3-5-13(18)6-4-12)19-24(20,21)14-7-8-16-17(11-14)23-10-9-22-16/h3-8,11,15,19H,2,9-10H2,1H3/t15-/m1/s1. The number of ether oxygens (including phenoxy) is 2. The molecule has 0 radical (unpaired) electrons. The van der Waals surface area contributed by atoms with Gasteiger partial charge in [-0.05, 0) is 36.2 Å². The Kier molecular flexibility index (Phi) is 5.12. The summed E-state index contributed by atoms with van der Waals surface area (Å²) >= 11 is 3.39. The number of hydrogen-bond acceptors (Lipinski definition) is 4. The summed E-state index contributed by atoms with van der Waals surface area (Å²) in [7, 11) is -3.66. The largest absolute Gasteiger partial charge is 0.486 e. The highest BCUT2D eigenvalue weighted by molar-refractivity contribution is 9.10. The van der Waals surface area contributed by atoms with Gasteiger partial charge in [-0.1, -0.05) is 35.0 Å². The van der Waals surface area contributed by atoms with E-state index in [-0.39, 0.29) is 10.9 Å². The van der Waals surface area contributed by atoms with Crippen LogP contribution < -0.4 is 14.2 Å². The SMILES string of the molecule is CC[C@@H](NS(=O)(=O)c1ccc2c(c1)OCCO2)c1ccc(Br)cc1. The first-order valence-corrected chi connectivity index (χ1v) is 9.94. The third-order valence-electron chi connectivity index (χ3n) is 3.80. The summed E-state index contributed by atoms with van der Waals surface area (Å²) in [5.74, 6) is 1.03. The monoisotopic (exact) mass is 411 g/mol. The molecule has 2 aromatic rings. The highest BCUT2D eigenvalue weighted by Gasteiger charge is 2.23. The topological polar surface area (TPSA) is 64.6 Å². The van der Waals surface area contributed by atoms with Crippen LogP contribution in [0.1, 0.15) is 24.9 Å². The molecule has 0 spiro atoms. The zero-order valence-electron chi connectivity index (χ0n) is 13.2. The lowest BCUT2D eigenvalue weighted by atomic mass is 10.1. The van der Waals surface area contributed by atoms with E-state index in [1.165, 1.54) is 12.1 Å². The molecule has 1 atom stereocenters. The molecule has 0 amide bonds. The third-order valence-corrected chi connectivity index (χ3v) is 5.80. The Morgan fingerprint density at radius 2 is 1.75 bits per heavy atom. The minimum Gasteiger partial charge on any atom is -0.486 e. The average molecular weight is 412 g/mol. The summed E-state index contributed by atoms with van der Waals surface area (Å²) in [6.45, 7) is 2.83. The van der Waals surface area contributed by atoms with Crippen molar-refractivity contribution in [2.75, 3.05) is 13.2 Å². The molecule has 3 rings (SSSR count). The molecule has 1 aliphatic rings. The van der Waals surface area contributed by atoms with Crippen LogP contribution in [0.25, 0.3) is 0 Å². The van der Waals surface area contributed by atoms with E-state index >= 15 is 0 Å². The Labute approximate surface area is 150 Å². The lowest BCUT2D eigenvalue weighted by Gasteiger charge is -2.20. The summed E-state index contributed by atoms with van der Waals surface area (Å²) in [6, 6.07) is 12.0. The molecular weight excluding hydrogens is 394 g/mol. The summed E-state index contributed by atoms with van der Waals surface area (Å²) in [6.07, 6.45) is 0.644. The first kappa shape index (κ1) is 17.3. The first-order chi connectivity index (χ1) is 11.5. The molecule has 128 valence electrons. The van der Waals surface area contributed by atoms with Crippen LogP contribution in [0.4, 0.5) is 0 Å². The van der Waals surface area contributed by atoms with Gasteiger partial charge in [0.2, 0.25) is 10.0 Å². The minimum absolute atomic E-state index is 0.169. The second-order valence-corrected chi connectivity index (χ2v) is 8.07. The molecule has 0 saturated heterocycles. The number of hydrogen-bond donors (Lipinski definition) is 1. The van der Waals surface area contributed by atoms with E-state index in [1.807, 2.05) is 31.2 Å². The highest BCUT2D eigenvalue weighted by atomic mass is 79.9. The maximum absolute atomic E-state index is 12.7. The number of benzene rings is 2. The zero-order valence-corrected chi connectivity index (χ0v) is 15.6. The van der Waals surface area contributed by atoms with Crippen LogP contribution in [0.15, 0.2) is 51.8 Å². The lowest BCUT2D eigenvalue weighted by Crippen LogP contribution is -2.28. The van der Waals surface area contributed by atoms with Crippen molar-refractivity contribution in [2.45, 2.75) is 24.3 Å². The summed E-state index contributed by atoms with van der Waals surface area (Å²) in [4.78, 5) is 0.169. The van der Waals surface area contributed by atoms with Gasteiger partial charge in [0.25, 0.3) is 0 Å². The molecule has 2 aromatic carbocycles. The fourth-order valence-corrected chi connectivity index (χ4v) is 4.12. The van der Waals surface area contributed by atoms with Gasteiger partial charge in [0.05, 0.1) is 4.90 Å². The normalized spacial score (nSPS) is 15.1. The summed E-state index contributed by atoms with van der Waals surface area (Å²) in [5, 5.41) is 0. The number of rotatable bonds is 5. The molecule has 1 aliphatic heterocycles. The van der Waals surface area contributed by atoms with Crippen molar-refractivity contribution in [3.63, 3.8) is 0 Å². The predicted molar refractivity (Wildman–Crippen MR) is 94.9 cm³/mol. The molecule has 1 heterocycles. The van der Waals surface area contributed by atoms with E-state index in [2.05, 4.69) is 20.7 Å². The fourth-order valence-electron chi connectivity index (χ4n) is 2.53. The number of nitrogens with one attached hydrogen (secondary N) is 1. The van der Waals surface area contributed by atoms with Gasteiger partial charge in [-0.2, -0.15) is 0 Å². The van der Waals surface area contributed by atoms with Gasteiger partial charge in [-0.15, -0.1) is 0 Å². The molecule has 0 aromatic heterocycles. The van der Waals surface area contributed by atoms with Crippen LogP contribution in [-0.4, -0.2) is 21.6 Å². The Morgan fingerprint density at radius 3 is 2.42 bits per heavy atom. The molecule has 5 nitrogen and oxygen atoms in total. The van der Waals surface area contributed by atoms with Crippen molar-refractivity contribution in [3.8, 4) is 11.5 Å². The van der Waals surface area contributed by atoms with Crippen molar-refractivity contribution >= 4 is 26.0 Å². The van der Waals surface area contributed by atoms with Gasteiger partial charge < -0.3 is 9.47 Å². The molecule has 0 aliphatic carbocycles. The van der Waals surface area contributed by atoms with Gasteiger partial charge in [-0.3, -0.25) is 0 Å². The Balaban J connectivity index is 1.85. The van der Waals surface area contributed by atoms with E-state index in [9.17, 15) is 8.42 Å². The molecule has 24 heavy (non-hydrogen) atoms. The molecule has 1 N–H and O–H groups in total. The number of sulfonamides is 1. The van der Waals surface area contributed by atoms with Crippen molar-refractivity contribution in [1.82, 2.24) is 4.72 Å². The minimum atomic E-state index is -3.66. The lowest BCUT2D eigenvalue weighted by molar-refractivity contribution is 0.171. The smallest absolute Gasteiger partial charge is 0.241 e. The highest BCUT2D eigenvalue weighted by Crippen LogP contribution is 2.32. The fraction of sp³-hybridized carbons (Fsp3) is 0.294. The summed E-state index contributed by atoms with van der Waals surface area (Å²) < 4.78 is 40.0. The van der Waals surface area contributed by atoms with E-state index in [1.54, 1.807) is 6.07 Å². The Bertz CT molecular complexity index is 821. The van der Waals surface area contributed by atoms with Crippen LogP contribution in [0.3, 0.4) is 0 Å². The molecular formula is C17H18BrNO4S. The quantitative estimate of drug-likeness (QED) is 0.815. The second-order valence-electron chi connectivity index (χ2n) is 5.44. The maximum Gasteiger partial charge on any atom is 0.241 e. The van der Waals surface area contributed by atoms with E-state index in [4.69, 9.17) is 9.47 Å². The molecule has 0 saturated carbocycles. The second kappa shape index (κ2) is 7.13. The number of halogens is 1. The summed E-state index contributed by atoms with van der Waals surface area (Å²) in [5.41, 5.74) is 0.918. The van der Waals surface area contributed by atoms with Crippen LogP contribution in [0.2, 0.25) is 0 Å². The van der Waals surface area contributed by atoms with Gasteiger partial charge in [0.15, 0.2) is 11.5 Å². The van der Waals surface area contributed by atoms with E-state index in [0.29, 0.717) is 31.1 Å². The third kappa shape index (κ3) is 3.74. The first-order valence-electron chi connectivity index (χ1n) is 7.67. The number of fused-ring (bicyclic) bond motifs is 1. The van der Waals surface area contributed by atoms with Crippen molar-refractivity contribution in [2.24, 2.45) is 0 Å². The molecule has 7 heteroatoms. The average Bonchev–Trinajstić information content (AvgIpc) is 2.60. The van der Waals surface area contributed by atoms with Gasteiger partial charge in [0.1, 0.15) is 13.2 Å². The van der Waals surface area contributed by atoms with Gasteiger partial charge >= 0.3 is 0 Å². The van der Waals surface area contributed by atoms with Crippen LogP contribution in [0, 0.1) is 0 Å². The molecule has 0 unspecified atom stereocenters. The van der Waals surface area contributed by atoms with Crippen LogP contribution in [-0.2, 0) is 10.0 Å². The van der Waals surface area contributed by atoms with Crippen LogP contribution in [0.5, 0.6) is 11.5 Å². The van der Waals surface area contributed by atoms with Gasteiger partial charge in [-0.25, -0.2) is 13.1 Å². The van der Waals surface area contributed by atoms with Crippen molar-refractivity contribution < 1.29 is 17.9 Å².